The van der Waals surface area contributed by atoms with Gasteiger partial charge in [0.05, 0.1) is 12.3 Å². The first-order valence-electron chi connectivity index (χ1n) is 16.1. The summed E-state index contributed by atoms with van der Waals surface area (Å²) < 4.78 is 22.1. The summed E-state index contributed by atoms with van der Waals surface area (Å²) in [5.41, 5.74) is 3.54. The Morgan fingerprint density at radius 1 is 1.09 bits per heavy atom. The molecule has 4 rings (SSSR count). The summed E-state index contributed by atoms with van der Waals surface area (Å²) in [5.74, 6) is 4.46. The predicted octanol–water partition coefficient (Wildman–Crippen LogP) is 7.44. The van der Waals surface area contributed by atoms with Gasteiger partial charge in [0.15, 0.2) is 11.9 Å². The molecule has 2 atom stereocenters. The van der Waals surface area contributed by atoms with Gasteiger partial charge in [-0.1, -0.05) is 86.2 Å². The number of rotatable bonds is 10. The summed E-state index contributed by atoms with van der Waals surface area (Å²) in [6.45, 7) is 9.78. The molecule has 12 nitrogen and oxygen atoms in total. The minimum absolute atomic E-state index is 0.0472. The molecule has 1 saturated carbocycles. The van der Waals surface area contributed by atoms with E-state index in [9.17, 15) is 9.59 Å². The Morgan fingerprint density at radius 2 is 1.79 bits per heavy atom. The highest BCUT2D eigenvalue weighted by molar-refractivity contribution is 6.02. The fraction of sp³-hybridized carbons (Fsp3) is 0.429. The van der Waals surface area contributed by atoms with Gasteiger partial charge in [0.2, 0.25) is 6.29 Å². The third-order valence-corrected chi connectivity index (χ3v) is 7.34. The van der Waals surface area contributed by atoms with Crippen LogP contribution in [0.25, 0.3) is 11.1 Å². The van der Waals surface area contributed by atoms with E-state index in [0.29, 0.717) is 17.9 Å². The molecule has 0 radical (unpaired) electrons. The van der Waals surface area contributed by atoms with Crippen LogP contribution in [0.3, 0.4) is 0 Å². The lowest BCUT2D eigenvalue weighted by Crippen LogP contribution is -2.44. The van der Waals surface area contributed by atoms with Gasteiger partial charge in [-0.3, -0.25) is 5.41 Å². The first-order chi connectivity index (χ1) is 22.8. The first kappa shape index (κ1) is 36.5. The molecule has 2 aliphatic rings. The maximum Gasteiger partial charge on any atom is 0.511 e. The number of esters is 1. The third kappa shape index (κ3) is 10.2. The van der Waals surface area contributed by atoms with Gasteiger partial charge in [0.1, 0.15) is 6.10 Å². The fourth-order valence-corrected chi connectivity index (χ4v) is 5.25. The Balaban J connectivity index is 0.00000294. The predicted molar refractivity (Wildman–Crippen MR) is 180 cm³/mol. The van der Waals surface area contributed by atoms with Crippen molar-refractivity contribution in [1.29, 1.82) is 5.41 Å². The van der Waals surface area contributed by atoms with Crippen LogP contribution in [0, 0.1) is 5.41 Å². The van der Waals surface area contributed by atoms with Crippen LogP contribution in [-0.2, 0) is 30.3 Å². The lowest BCUT2D eigenvalue weighted by Gasteiger charge is -2.27. The number of nitrogens with two attached hydrogens (primary N) is 1. The van der Waals surface area contributed by atoms with Crippen molar-refractivity contribution >= 4 is 24.0 Å². The van der Waals surface area contributed by atoms with Gasteiger partial charge in [0.25, 0.3) is 6.02 Å². The number of allylic oxidation sites excluding steroid dienone is 3. The number of nitrogens with zero attached hydrogens (tertiary/aromatic N) is 4. The number of carbonyl (C=O) groups excluding carboxylic acids is 2. The van der Waals surface area contributed by atoms with Crippen LogP contribution in [0.4, 0.5) is 4.79 Å². The highest BCUT2D eigenvalue weighted by Crippen LogP contribution is 2.29. The van der Waals surface area contributed by atoms with Crippen molar-refractivity contribution in [2.45, 2.75) is 91.7 Å². The largest absolute Gasteiger partial charge is 0.511 e. The van der Waals surface area contributed by atoms with Crippen molar-refractivity contribution in [2.24, 2.45) is 21.2 Å². The molecule has 0 aromatic heterocycles. The topological polar surface area (TPSA) is 161 Å². The van der Waals surface area contributed by atoms with Crippen molar-refractivity contribution < 1.29 is 28.5 Å². The van der Waals surface area contributed by atoms with E-state index in [1.54, 1.807) is 23.1 Å². The molecule has 252 valence electrons. The number of ether oxygens (including phenoxy) is 4. The molecule has 2 aromatic rings. The van der Waals surface area contributed by atoms with Gasteiger partial charge in [-0.2, -0.15) is 4.99 Å². The molecule has 1 aliphatic heterocycles. The Labute approximate surface area is 276 Å². The average Bonchev–Trinajstić information content (AvgIpc) is 3.41. The van der Waals surface area contributed by atoms with Gasteiger partial charge in [-0.05, 0) is 62.3 Å². The van der Waals surface area contributed by atoms with Gasteiger partial charge in [0, 0.05) is 19.0 Å². The van der Waals surface area contributed by atoms with E-state index in [2.05, 4.69) is 15.3 Å². The average molecular weight is 647 g/mol. The van der Waals surface area contributed by atoms with E-state index >= 15 is 0 Å². The highest BCUT2D eigenvalue weighted by Gasteiger charge is 2.40. The quantitative estimate of drug-likeness (QED) is 0.0512. The summed E-state index contributed by atoms with van der Waals surface area (Å²) >= 11 is 0. The smallest absolute Gasteiger partial charge is 0.465 e. The minimum atomic E-state index is -1.17. The molecule has 1 heterocycles. The molecule has 0 amide bonds. The maximum atomic E-state index is 13.6. The molecule has 2 aromatic carbocycles. The monoisotopic (exact) mass is 646 g/mol. The molecular weight excluding hydrogens is 600 g/mol. The molecule has 0 spiro atoms. The van der Waals surface area contributed by atoms with E-state index in [-0.39, 0.29) is 24.5 Å². The number of hydrogen-bond donors (Lipinski definition) is 2. The lowest BCUT2D eigenvalue weighted by molar-refractivity contribution is -0.172. The zero-order chi connectivity index (χ0) is 34.2. The Morgan fingerprint density at radius 3 is 2.45 bits per heavy atom. The lowest BCUT2D eigenvalue weighted by atomic mass is 9.98. The second-order valence-electron chi connectivity index (χ2n) is 10.5. The second-order valence-corrected chi connectivity index (χ2v) is 10.5. The Hall–Kier alpha value is -5.00. The normalized spacial score (nSPS) is 18.0. The minimum Gasteiger partial charge on any atom is -0.465 e. The van der Waals surface area contributed by atoms with Gasteiger partial charge in [-0.15, -0.1) is 5.11 Å². The summed E-state index contributed by atoms with van der Waals surface area (Å²) in [4.78, 5) is 32.3. The number of nitrogens with one attached hydrogen (secondary N) is 1. The zero-order valence-corrected chi connectivity index (χ0v) is 27.8. The molecule has 3 N–H and O–H groups in total. The van der Waals surface area contributed by atoms with Crippen molar-refractivity contribution in [2.75, 3.05) is 6.61 Å². The van der Waals surface area contributed by atoms with Crippen molar-refractivity contribution in [3.8, 4) is 11.1 Å². The van der Waals surface area contributed by atoms with Crippen LogP contribution in [-0.4, -0.2) is 53.9 Å². The fourth-order valence-electron chi connectivity index (χ4n) is 5.25. The van der Waals surface area contributed by atoms with Gasteiger partial charge in [-0.25, -0.2) is 9.59 Å². The van der Waals surface area contributed by atoms with E-state index in [1.165, 1.54) is 6.92 Å². The van der Waals surface area contributed by atoms with E-state index < -0.39 is 24.5 Å². The number of benzene rings is 2. The summed E-state index contributed by atoms with van der Waals surface area (Å²) in [7, 11) is 0. The van der Waals surface area contributed by atoms with Crippen LogP contribution in [0.1, 0.15) is 77.8 Å². The van der Waals surface area contributed by atoms with Crippen LogP contribution >= 0.6 is 0 Å². The second kappa shape index (κ2) is 18.8. The van der Waals surface area contributed by atoms with Gasteiger partial charge < -0.3 is 29.7 Å². The van der Waals surface area contributed by atoms with E-state index in [0.717, 1.165) is 48.8 Å². The molecule has 0 bridgehead atoms. The summed E-state index contributed by atoms with van der Waals surface area (Å²) in [6.07, 6.45) is 7.86. The molecule has 47 heavy (non-hydrogen) atoms. The molecule has 12 heteroatoms. The maximum absolute atomic E-state index is 13.6. The van der Waals surface area contributed by atoms with E-state index in [4.69, 9.17) is 30.2 Å². The first-order valence-corrected chi connectivity index (χ1v) is 16.1. The molecule has 0 saturated heterocycles. The number of aliphatic imine (C=N–C) groups is 1. The van der Waals surface area contributed by atoms with Crippen molar-refractivity contribution in [3.63, 3.8) is 0 Å². The highest BCUT2D eigenvalue weighted by atomic mass is 16.8. The number of amidine groups is 2. The van der Waals surface area contributed by atoms with Crippen LogP contribution in [0.15, 0.2) is 87.8 Å². The molecular formula is C35H46N6O6. The Bertz CT molecular complexity index is 1460. The van der Waals surface area contributed by atoms with E-state index in [1.807, 2.05) is 76.2 Å². The molecule has 2 unspecified atom stereocenters. The van der Waals surface area contributed by atoms with Gasteiger partial charge >= 0.3 is 12.1 Å². The number of hydrogen-bond acceptors (Lipinski definition) is 10. The SMILES string of the molecule is C/C=C\C=C1\N=C(OCC)N(Cc2ccc(-c3ccccc3C(=N)N=NN)cc2)C1C(=O)OC(C)OC(=O)OC1CCCCC1.CC. The summed E-state index contributed by atoms with van der Waals surface area (Å²) in [5, 5.41) is 15.1. The van der Waals surface area contributed by atoms with Crippen molar-refractivity contribution in [3.05, 3.63) is 83.6 Å². The Kier molecular flexibility index (Phi) is 14.6. The van der Waals surface area contributed by atoms with Crippen LogP contribution in [0.5, 0.6) is 0 Å². The van der Waals surface area contributed by atoms with Crippen molar-refractivity contribution in [1.82, 2.24) is 4.90 Å². The van der Waals surface area contributed by atoms with Crippen LogP contribution < -0.4 is 5.84 Å². The standard InChI is InChI=1S/C33H40N6O6.C2H6/c1-4-6-16-28-29(31(40)43-22(3)44-33(41)45-25-12-8-7-9-13-25)39(32(36-28)42-5-2)21-23-17-19-24(20-18-23)26-14-10-11-15-27(26)30(34)37-38-35;1-2/h4,6,10-11,14-20,22,25,29H,5,7-9,12-13,21H2,1-3H3,(H3,34,35,37);1-2H3/b6-4-,28-16+;. The third-order valence-electron chi connectivity index (χ3n) is 7.34. The number of carbonyl (C=O) groups is 2. The van der Waals surface area contributed by atoms with Crippen LogP contribution in [0.2, 0.25) is 0 Å². The molecule has 1 fully saturated rings. The summed E-state index contributed by atoms with van der Waals surface area (Å²) in [6, 6.07) is 14.4. The molecule has 1 aliphatic carbocycles. The zero-order valence-electron chi connectivity index (χ0n) is 27.8.